The van der Waals surface area contributed by atoms with Gasteiger partial charge in [-0.05, 0) is 98.3 Å². The summed E-state index contributed by atoms with van der Waals surface area (Å²) in [5, 5.41) is 0. The molecule has 0 spiro atoms. The summed E-state index contributed by atoms with van der Waals surface area (Å²) in [5.41, 5.74) is 6.50. The average molecular weight is 760 g/mol. The van der Waals surface area contributed by atoms with Crippen LogP contribution in [0, 0.1) is 0 Å². The van der Waals surface area contributed by atoms with Gasteiger partial charge >= 0.3 is 33.0 Å². The van der Waals surface area contributed by atoms with Gasteiger partial charge in [-0.15, -0.1) is 0 Å². The Balaban J connectivity index is 0.000000197. The van der Waals surface area contributed by atoms with Crippen LogP contribution < -0.4 is 0 Å². The SMILES string of the molecule is C(=CP(C1CCCCC1)C1CCCCC1)Cc1ccccn1.C(=CP(C1CCCCC1)C1CCCCC1)Cc1ccccn1.[Cl][Ni][Cl]. The van der Waals surface area contributed by atoms with Gasteiger partial charge in [0, 0.05) is 36.6 Å². The molecule has 264 valence electrons. The molecule has 0 aliphatic heterocycles. The third-order valence-corrected chi connectivity index (χ3v) is 17.2. The number of halogens is 2. The number of rotatable bonds is 10. The van der Waals surface area contributed by atoms with Crippen molar-refractivity contribution in [2.45, 2.75) is 164 Å². The Bertz CT molecular complexity index is 974. The molecule has 0 radical (unpaired) electrons. The molecule has 2 aromatic heterocycles. The molecule has 0 unspecified atom stereocenters. The van der Waals surface area contributed by atoms with Crippen molar-refractivity contribution in [2.24, 2.45) is 0 Å². The minimum atomic E-state index is 0.0984. The van der Waals surface area contributed by atoms with Crippen LogP contribution in [0.1, 0.15) is 140 Å². The van der Waals surface area contributed by atoms with Crippen LogP contribution in [-0.2, 0) is 25.5 Å². The number of nitrogens with zero attached hydrogens (tertiary/aromatic N) is 2. The van der Waals surface area contributed by atoms with E-state index >= 15 is 0 Å². The second kappa shape index (κ2) is 24.8. The quantitative estimate of drug-likeness (QED) is 0.178. The fourth-order valence-corrected chi connectivity index (χ4v) is 14.9. The van der Waals surface area contributed by atoms with Crippen molar-refractivity contribution in [2.75, 3.05) is 0 Å². The first-order valence-electron chi connectivity index (χ1n) is 18.8. The van der Waals surface area contributed by atoms with Gasteiger partial charge < -0.3 is 0 Å². The molecular weight excluding hydrogens is 700 g/mol. The second-order valence-corrected chi connectivity index (χ2v) is 20.9. The standard InChI is InChI=1S/2C20H30NP.2ClH.Ni/c2*1-3-12-19(13-4-1)22(20-14-5-2-6-15-20)17-9-11-18-10-7-8-16-21-18;;;/h2*7-10,16-17,19-20H,1-6,11-15H2;2*1H;/q;;;;+2/p-2. The summed E-state index contributed by atoms with van der Waals surface area (Å²) >= 11 is 0.569. The first-order chi connectivity index (χ1) is 23.3. The van der Waals surface area contributed by atoms with Gasteiger partial charge in [0.15, 0.2) is 0 Å². The number of hydrogen-bond acceptors (Lipinski definition) is 2. The van der Waals surface area contributed by atoms with Crippen LogP contribution in [0.15, 0.2) is 72.6 Å². The fourth-order valence-electron chi connectivity index (χ4n) is 8.23. The van der Waals surface area contributed by atoms with Crippen LogP contribution >= 0.6 is 36.2 Å². The molecule has 47 heavy (non-hydrogen) atoms. The summed E-state index contributed by atoms with van der Waals surface area (Å²) in [6.07, 6.45) is 40.4. The van der Waals surface area contributed by atoms with Gasteiger partial charge in [-0.1, -0.05) is 129 Å². The Kier molecular flexibility index (Phi) is 20.8. The molecule has 4 aliphatic carbocycles. The van der Waals surface area contributed by atoms with E-state index in [9.17, 15) is 0 Å². The van der Waals surface area contributed by atoms with Gasteiger partial charge in [-0.25, -0.2) is 0 Å². The molecule has 2 heterocycles. The maximum absolute atomic E-state index is 4.70. The zero-order valence-corrected chi connectivity index (χ0v) is 32.9. The molecule has 4 fully saturated rings. The first kappa shape index (κ1) is 39.5. The van der Waals surface area contributed by atoms with Crippen molar-refractivity contribution in [3.05, 3.63) is 84.0 Å². The Labute approximate surface area is 305 Å². The predicted molar refractivity (Wildman–Crippen MR) is 207 cm³/mol. The monoisotopic (exact) mass is 758 g/mol. The van der Waals surface area contributed by atoms with E-state index in [-0.39, 0.29) is 15.8 Å². The molecule has 0 N–H and O–H groups in total. The number of allylic oxidation sites excluding steroid dienone is 2. The molecule has 0 bridgehead atoms. The molecule has 0 aromatic carbocycles. The van der Waals surface area contributed by atoms with Crippen molar-refractivity contribution in [1.29, 1.82) is 0 Å². The van der Waals surface area contributed by atoms with Gasteiger partial charge in [0.25, 0.3) is 0 Å². The zero-order valence-electron chi connectivity index (χ0n) is 28.7. The third-order valence-electron chi connectivity index (χ3n) is 10.6. The molecule has 6 rings (SSSR count). The van der Waals surface area contributed by atoms with E-state index < -0.39 is 0 Å². The van der Waals surface area contributed by atoms with Crippen LogP contribution in [0.5, 0.6) is 0 Å². The Hall–Kier alpha value is -0.286. The van der Waals surface area contributed by atoms with Gasteiger partial charge in [-0.2, -0.15) is 0 Å². The summed E-state index contributed by atoms with van der Waals surface area (Å²) in [6, 6.07) is 12.5. The van der Waals surface area contributed by atoms with Crippen molar-refractivity contribution in [3.8, 4) is 0 Å². The van der Waals surface area contributed by atoms with E-state index in [1.165, 1.54) is 140 Å². The molecule has 2 aromatic rings. The summed E-state index contributed by atoms with van der Waals surface area (Å²) < 4.78 is 0. The van der Waals surface area contributed by atoms with E-state index in [0.29, 0.717) is 12.7 Å². The normalized spacial score (nSPS) is 20.8. The molecule has 0 saturated heterocycles. The first-order valence-corrected chi connectivity index (χ1v) is 24.6. The maximum atomic E-state index is 4.70. The van der Waals surface area contributed by atoms with Crippen molar-refractivity contribution >= 4 is 36.2 Å². The van der Waals surface area contributed by atoms with Gasteiger partial charge in [0.2, 0.25) is 0 Å². The molecule has 0 amide bonds. The summed E-state index contributed by atoms with van der Waals surface area (Å²) in [4.78, 5) is 8.91. The predicted octanol–water partition coefficient (Wildman–Crippen LogP) is 13.9. The fraction of sp³-hybridized carbons (Fsp3) is 0.650. The number of hydrogen-bond donors (Lipinski definition) is 0. The van der Waals surface area contributed by atoms with Crippen LogP contribution in [0.2, 0.25) is 0 Å². The van der Waals surface area contributed by atoms with Crippen LogP contribution in [0.4, 0.5) is 0 Å². The van der Waals surface area contributed by atoms with Crippen LogP contribution in [0.25, 0.3) is 0 Å². The molecular formula is C40H60Cl2N2NiP2. The van der Waals surface area contributed by atoms with Crippen LogP contribution in [-0.4, -0.2) is 32.6 Å². The van der Waals surface area contributed by atoms with E-state index in [1.807, 2.05) is 24.5 Å². The molecule has 2 nitrogen and oxygen atoms in total. The Morgan fingerprint density at radius 1 is 0.511 bits per heavy atom. The average Bonchev–Trinajstić information content (AvgIpc) is 3.15. The molecule has 7 heteroatoms. The van der Waals surface area contributed by atoms with Gasteiger partial charge in [0.1, 0.15) is 0 Å². The van der Waals surface area contributed by atoms with Crippen LogP contribution in [0.3, 0.4) is 0 Å². The number of aromatic nitrogens is 2. The molecule has 4 aliphatic rings. The number of pyridine rings is 2. The third kappa shape index (κ3) is 15.2. The summed E-state index contributed by atoms with van der Waals surface area (Å²) in [6.45, 7) is 0. The van der Waals surface area contributed by atoms with E-state index in [2.05, 4.69) is 58.0 Å². The minimum absolute atomic E-state index is 0.0984. The summed E-state index contributed by atoms with van der Waals surface area (Å²) in [5.74, 6) is 5.30. The van der Waals surface area contributed by atoms with Crippen molar-refractivity contribution in [3.63, 3.8) is 0 Å². The van der Waals surface area contributed by atoms with Crippen molar-refractivity contribution in [1.82, 2.24) is 9.97 Å². The van der Waals surface area contributed by atoms with E-state index in [4.69, 9.17) is 20.4 Å². The summed E-state index contributed by atoms with van der Waals surface area (Å²) in [7, 11) is 9.60. The molecule has 4 saturated carbocycles. The zero-order chi connectivity index (χ0) is 32.8. The van der Waals surface area contributed by atoms with Crippen molar-refractivity contribution < 1.29 is 12.7 Å². The van der Waals surface area contributed by atoms with E-state index in [0.717, 1.165) is 35.5 Å². The topological polar surface area (TPSA) is 25.8 Å². The second-order valence-electron chi connectivity index (χ2n) is 13.9. The molecule has 0 atom stereocenters. The van der Waals surface area contributed by atoms with Gasteiger partial charge in [0.05, 0.1) is 0 Å². The Morgan fingerprint density at radius 3 is 1.06 bits per heavy atom. The Morgan fingerprint density at radius 2 is 0.809 bits per heavy atom. The van der Waals surface area contributed by atoms with Gasteiger partial charge in [-0.3, -0.25) is 9.97 Å². The van der Waals surface area contributed by atoms with E-state index in [1.54, 1.807) is 0 Å².